The average molecular weight is 1190 g/mol. The molecule has 4 heterocycles. The van der Waals surface area contributed by atoms with Crippen LogP contribution in [0.5, 0.6) is 11.5 Å². The van der Waals surface area contributed by atoms with Gasteiger partial charge in [0.15, 0.2) is 30.5 Å². The van der Waals surface area contributed by atoms with Gasteiger partial charge in [-0.1, -0.05) is 65.7 Å². The van der Waals surface area contributed by atoms with Crippen molar-refractivity contribution >= 4 is 65.0 Å². The predicted molar refractivity (Wildman–Crippen MR) is 291 cm³/mol. The lowest BCUT2D eigenvalue weighted by atomic mass is 9.85. The van der Waals surface area contributed by atoms with E-state index in [4.69, 9.17) is 89.5 Å². The fourth-order valence-corrected chi connectivity index (χ4v) is 10.8. The molecule has 4 aromatic carbocycles. The summed E-state index contributed by atoms with van der Waals surface area (Å²) < 4.78 is 85.0. The molecule has 0 aromatic heterocycles. The largest absolute Gasteiger partial charge is 0.488 e. The van der Waals surface area contributed by atoms with Crippen LogP contribution in [0.1, 0.15) is 101 Å². The van der Waals surface area contributed by atoms with Crippen molar-refractivity contribution in [3.8, 4) is 11.5 Å². The van der Waals surface area contributed by atoms with Gasteiger partial charge in [-0.2, -0.15) is 0 Å². The Hall–Kier alpha value is -6.85. The van der Waals surface area contributed by atoms with Gasteiger partial charge in [-0.25, -0.2) is 0 Å². The fourth-order valence-electron chi connectivity index (χ4n) is 10.4. The molecular weight excluding hydrogens is 1130 g/mol. The average Bonchev–Trinajstić information content (AvgIpc) is 4.03. The summed E-state index contributed by atoms with van der Waals surface area (Å²) >= 11 is 13.9. The maximum Gasteiger partial charge on any atom is 0.303 e. The number of benzene rings is 4. The summed E-state index contributed by atoms with van der Waals surface area (Å²) in [4.78, 5) is 91.7. The Bertz CT molecular complexity index is 2960. The molecule has 0 aliphatic carbocycles. The van der Waals surface area contributed by atoms with E-state index in [1.165, 1.54) is 12.1 Å². The molecule has 4 fully saturated rings. The van der Waals surface area contributed by atoms with Crippen molar-refractivity contribution in [2.45, 2.75) is 147 Å². The van der Waals surface area contributed by atoms with E-state index in [0.29, 0.717) is 66.1 Å². The summed E-state index contributed by atoms with van der Waals surface area (Å²) in [6.45, 7) is 8.52. The van der Waals surface area contributed by atoms with Crippen molar-refractivity contribution in [3.05, 3.63) is 128 Å². The van der Waals surface area contributed by atoms with E-state index < -0.39 is 116 Å². The second-order valence-corrected chi connectivity index (χ2v) is 21.3. The van der Waals surface area contributed by atoms with E-state index in [2.05, 4.69) is 0 Å². The van der Waals surface area contributed by atoms with E-state index in [0.717, 1.165) is 72.4 Å². The quantitative estimate of drug-likeness (QED) is 0.0583. The molecule has 83 heavy (non-hydrogen) atoms. The van der Waals surface area contributed by atoms with Crippen molar-refractivity contribution in [3.63, 3.8) is 0 Å². The van der Waals surface area contributed by atoms with Crippen LogP contribution < -0.4 is 9.47 Å². The number of carbonyl (C=O) groups is 7. The Morgan fingerprint density at radius 2 is 0.976 bits per heavy atom. The van der Waals surface area contributed by atoms with Gasteiger partial charge >= 0.3 is 41.8 Å². The van der Waals surface area contributed by atoms with Crippen LogP contribution >= 0.6 is 23.2 Å². The molecule has 23 heteroatoms. The van der Waals surface area contributed by atoms with Crippen molar-refractivity contribution in [2.24, 2.45) is 0 Å². The van der Waals surface area contributed by atoms with Crippen molar-refractivity contribution in [1.29, 1.82) is 0 Å². The first-order valence-electron chi connectivity index (χ1n) is 27.0. The van der Waals surface area contributed by atoms with Gasteiger partial charge in [0.25, 0.3) is 0 Å². The smallest absolute Gasteiger partial charge is 0.303 e. The number of hydrogen-bond acceptors (Lipinski definition) is 21. The Balaban J connectivity index is 1.24. The number of ether oxygens (including phenoxy) is 14. The van der Waals surface area contributed by atoms with E-state index >= 15 is 0 Å². The van der Waals surface area contributed by atoms with Crippen LogP contribution in [0.2, 0.25) is 10.0 Å². The van der Waals surface area contributed by atoms with Gasteiger partial charge in [0, 0.05) is 76.9 Å². The molecule has 0 spiro atoms. The Morgan fingerprint density at radius 3 is 1.47 bits per heavy atom. The number of rotatable bonds is 21. The molecule has 0 amide bonds. The molecule has 446 valence electrons. The minimum atomic E-state index is -2.50. The molecule has 12 atom stereocenters. The number of esters is 7. The zero-order valence-electron chi connectivity index (χ0n) is 46.8. The lowest BCUT2D eigenvalue weighted by Crippen LogP contribution is -2.68. The summed E-state index contributed by atoms with van der Waals surface area (Å²) in [5.74, 6) is -7.28. The maximum atomic E-state index is 13.5. The highest BCUT2D eigenvalue weighted by molar-refractivity contribution is 6.31. The SMILES string of the molecule is CC(=O)OC[C@H]1O[C@@](OC[C@H]2O[C@@H](c3ccc(Cl)c(Cc4ccc(O[C@H]5CCOC5)cc4)c3)[C@H](OC(C)=O)[C@@H](OC(C)=O)[C@@H]2OC(C)=O)(c2ccc(Cl)c(Cc3ccc(O[C@H]4CCOC4)cc3)c2)[C@H](OC(C)=O)[C@@H](OC(C)=O)[C@@H]1OC(C)=O. The first kappa shape index (κ1) is 62.2. The minimum Gasteiger partial charge on any atom is -0.488 e. The number of halogens is 2. The van der Waals surface area contributed by atoms with Gasteiger partial charge < -0.3 is 66.3 Å². The zero-order valence-corrected chi connectivity index (χ0v) is 48.3. The Morgan fingerprint density at radius 1 is 0.506 bits per heavy atom. The Kier molecular flexibility index (Phi) is 21.1. The first-order valence-corrected chi connectivity index (χ1v) is 27.8. The molecule has 0 bridgehead atoms. The summed E-state index contributed by atoms with van der Waals surface area (Å²) in [5, 5.41) is 0.648. The third-order valence-electron chi connectivity index (χ3n) is 13.9. The third-order valence-corrected chi connectivity index (χ3v) is 14.6. The highest BCUT2D eigenvalue weighted by Gasteiger charge is 2.63. The van der Waals surface area contributed by atoms with Crippen LogP contribution in [0.25, 0.3) is 0 Å². The highest BCUT2D eigenvalue weighted by atomic mass is 35.5. The molecule has 4 aliphatic rings. The molecule has 0 unspecified atom stereocenters. The van der Waals surface area contributed by atoms with Crippen LogP contribution in [-0.4, -0.2) is 142 Å². The summed E-state index contributed by atoms with van der Waals surface area (Å²) in [5.41, 5.74) is 3.17. The van der Waals surface area contributed by atoms with E-state index in [1.807, 2.05) is 48.5 Å². The van der Waals surface area contributed by atoms with E-state index in [-0.39, 0.29) is 29.2 Å². The number of hydrogen-bond donors (Lipinski definition) is 0. The monoisotopic (exact) mass is 1190 g/mol. The molecule has 4 saturated heterocycles. The lowest BCUT2D eigenvalue weighted by Gasteiger charge is -2.52. The molecule has 4 aromatic rings. The molecule has 4 aliphatic heterocycles. The molecule has 8 rings (SSSR count). The molecule has 0 N–H and O–H groups in total. The van der Waals surface area contributed by atoms with Gasteiger partial charge in [0.05, 0.1) is 33.0 Å². The van der Waals surface area contributed by atoms with E-state index in [1.54, 1.807) is 24.3 Å². The van der Waals surface area contributed by atoms with E-state index in [9.17, 15) is 33.6 Å². The Labute approximate surface area is 489 Å². The third kappa shape index (κ3) is 16.3. The van der Waals surface area contributed by atoms with Crippen molar-refractivity contribution < 1.29 is 99.9 Å². The van der Waals surface area contributed by atoms with Crippen LogP contribution in [0.15, 0.2) is 84.9 Å². The summed E-state index contributed by atoms with van der Waals surface area (Å²) in [6.07, 6.45) is -12.5. The molecule has 0 saturated carbocycles. The zero-order chi connectivity index (χ0) is 59.5. The van der Waals surface area contributed by atoms with Crippen LogP contribution in [0.4, 0.5) is 0 Å². The standard InChI is InChI=1S/C60H66Cl2O21/c1-32(63)72-30-52-55(75-34(3)65)58(78-37(6)68)59(79-38(7)69)60(83-52,44-13-19-50(62)43(27-44)25-40-10-16-46(17-11-40)81-48-21-23-71-29-48)73-31-51-54(74-33(2)64)57(77-36(5)67)56(76-35(4)66)53(82-51)41-12-18-49(61)42(26-41)24-39-8-14-45(15-9-39)80-47-20-22-70-28-47/h8-19,26-27,47-48,51-59H,20-25,28-31H2,1-7H3/t47-,48-,51+,52+,53-,54+,55+,56-,57-,58-,59+,60-/m0/s1. The fraction of sp³-hybridized carbons (Fsp3) is 0.483. The second-order valence-electron chi connectivity index (χ2n) is 20.4. The maximum absolute atomic E-state index is 13.5. The van der Waals surface area contributed by atoms with Gasteiger partial charge in [0.1, 0.15) is 48.6 Å². The number of carbonyl (C=O) groups excluding carboxylic acids is 7. The van der Waals surface area contributed by atoms with Gasteiger partial charge in [-0.15, -0.1) is 0 Å². The van der Waals surface area contributed by atoms with Crippen molar-refractivity contribution in [1.82, 2.24) is 0 Å². The van der Waals surface area contributed by atoms with Crippen LogP contribution in [-0.2, 0) is 109 Å². The van der Waals surface area contributed by atoms with Crippen LogP contribution in [0, 0.1) is 0 Å². The lowest BCUT2D eigenvalue weighted by molar-refractivity contribution is -0.382. The van der Waals surface area contributed by atoms with Crippen molar-refractivity contribution in [2.75, 3.05) is 39.6 Å². The highest BCUT2D eigenvalue weighted by Crippen LogP contribution is 2.47. The van der Waals surface area contributed by atoms with Gasteiger partial charge in [-0.05, 0) is 83.1 Å². The second kappa shape index (κ2) is 28.2. The molecule has 0 radical (unpaired) electrons. The van der Waals surface area contributed by atoms with Gasteiger partial charge in [0.2, 0.25) is 11.9 Å². The molecule has 21 nitrogen and oxygen atoms in total. The summed E-state index contributed by atoms with van der Waals surface area (Å²) in [7, 11) is 0. The first-order chi connectivity index (χ1) is 39.6. The topological polar surface area (TPSA) is 249 Å². The van der Waals surface area contributed by atoms with Gasteiger partial charge in [-0.3, -0.25) is 33.6 Å². The molecular formula is C60H66Cl2O21. The van der Waals surface area contributed by atoms with Crippen LogP contribution in [0.3, 0.4) is 0 Å². The predicted octanol–water partition coefficient (Wildman–Crippen LogP) is 7.37. The minimum absolute atomic E-state index is 0.0563. The summed E-state index contributed by atoms with van der Waals surface area (Å²) in [6, 6.07) is 24.5. The normalized spacial score (nSPS) is 26.6.